The van der Waals surface area contributed by atoms with Gasteiger partial charge in [0.15, 0.2) is 9.03 Å². The molecule has 0 aliphatic carbocycles. The van der Waals surface area contributed by atoms with E-state index in [1.54, 1.807) is 7.11 Å². The van der Waals surface area contributed by atoms with Crippen molar-refractivity contribution in [2.45, 2.75) is 109 Å². The van der Waals surface area contributed by atoms with Gasteiger partial charge in [-0.05, 0) is 19.3 Å². The molecule has 1 N–H and O–H groups in total. The maximum Gasteiger partial charge on any atom is 0.198 e. The highest BCUT2D eigenvalue weighted by Gasteiger charge is 2.09. The van der Waals surface area contributed by atoms with Crippen molar-refractivity contribution in [2.24, 2.45) is 0 Å². The van der Waals surface area contributed by atoms with Gasteiger partial charge in [0, 0.05) is 13.7 Å². The van der Waals surface area contributed by atoms with E-state index >= 15 is 0 Å². The molecule has 2 atom stereocenters. The Labute approximate surface area is 157 Å². The molecular weight excluding hydrogens is 339 g/mol. The predicted octanol–water partition coefficient (Wildman–Crippen LogP) is 6.82. The van der Waals surface area contributed by atoms with Crippen molar-refractivity contribution in [3.05, 3.63) is 0 Å². The quantitative estimate of drug-likeness (QED) is 0.102. The lowest BCUT2D eigenvalue weighted by Gasteiger charge is -2.16. The van der Waals surface area contributed by atoms with Crippen LogP contribution in [0.15, 0.2) is 0 Å². The van der Waals surface area contributed by atoms with E-state index in [4.69, 9.17) is 14.5 Å². The summed E-state index contributed by atoms with van der Waals surface area (Å²) < 4.78 is 15.2. The summed E-state index contributed by atoms with van der Waals surface area (Å²) in [5.74, 6) is 0. The molecule has 5 nitrogen and oxygen atoms in total. The number of rotatable bonds is 21. The summed E-state index contributed by atoms with van der Waals surface area (Å²) in [7, 11) is 1.53. The predicted molar refractivity (Wildman–Crippen MR) is 105 cm³/mol. The van der Waals surface area contributed by atoms with Gasteiger partial charge in [-0.1, -0.05) is 89.0 Å². The molecule has 0 aromatic rings. The molecule has 2 unspecified atom stereocenters. The highest BCUT2D eigenvalue weighted by atomic mass is 31.1. The van der Waals surface area contributed by atoms with Gasteiger partial charge < -0.3 is 9.26 Å². The third-order valence-electron chi connectivity index (χ3n) is 4.54. The van der Waals surface area contributed by atoms with Gasteiger partial charge in [-0.3, -0.25) is 0 Å². The molecule has 0 bridgehead atoms. The molecule has 0 aliphatic rings. The van der Waals surface area contributed by atoms with E-state index in [0.29, 0.717) is 0 Å². The molecular formula is C19H41O5P. The summed E-state index contributed by atoms with van der Waals surface area (Å²) in [6.45, 7) is 3.12. The summed E-state index contributed by atoms with van der Waals surface area (Å²) in [6, 6.07) is 0. The largest absolute Gasteiger partial charge is 0.385 e. The van der Waals surface area contributed by atoms with Crippen molar-refractivity contribution in [1.82, 2.24) is 0 Å². The molecule has 0 saturated heterocycles. The first-order chi connectivity index (χ1) is 12.3. The topological polar surface area (TPSA) is 57.2 Å². The van der Waals surface area contributed by atoms with Gasteiger partial charge in [-0.25, -0.2) is 5.26 Å². The minimum absolute atomic E-state index is 0.228. The number of methoxy groups -OCH3 is 1. The Kier molecular flexibility index (Phi) is 22.5. The second-order valence-corrected chi connectivity index (χ2v) is 7.36. The number of unbranched alkanes of at least 4 members (excludes halogenated alkanes) is 11. The van der Waals surface area contributed by atoms with Gasteiger partial charge in [0.2, 0.25) is 0 Å². The Balaban J connectivity index is 3.51. The van der Waals surface area contributed by atoms with Crippen LogP contribution in [0.4, 0.5) is 0 Å². The number of hydrogen-bond donors (Lipinski definition) is 1. The van der Waals surface area contributed by atoms with Crippen molar-refractivity contribution >= 4 is 9.03 Å². The smallest absolute Gasteiger partial charge is 0.198 e. The Morgan fingerprint density at radius 2 is 1.28 bits per heavy atom. The van der Waals surface area contributed by atoms with Crippen molar-refractivity contribution in [2.75, 3.05) is 13.7 Å². The van der Waals surface area contributed by atoms with Crippen LogP contribution in [0, 0.1) is 0 Å². The van der Waals surface area contributed by atoms with Crippen molar-refractivity contribution in [3.63, 3.8) is 0 Å². The molecule has 6 heteroatoms. The highest BCUT2D eigenvalue weighted by molar-refractivity contribution is 7.26. The van der Waals surface area contributed by atoms with Crippen molar-refractivity contribution < 1.29 is 24.2 Å². The Bertz CT molecular complexity index is 244. The zero-order valence-electron chi connectivity index (χ0n) is 16.5. The van der Waals surface area contributed by atoms with Crippen LogP contribution in [0.25, 0.3) is 0 Å². The second kappa shape index (κ2) is 22.3. The minimum atomic E-state index is -0.245. The van der Waals surface area contributed by atoms with Crippen LogP contribution in [0.5, 0.6) is 0 Å². The summed E-state index contributed by atoms with van der Waals surface area (Å²) in [4.78, 5) is 0. The Morgan fingerprint density at radius 3 is 1.80 bits per heavy atom. The molecule has 0 heterocycles. The van der Waals surface area contributed by atoms with Crippen LogP contribution < -0.4 is 0 Å². The molecule has 0 aromatic heterocycles. The van der Waals surface area contributed by atoms with Crippen LogP contribution in [0.3, 0.4) is 0 Å². The fraction of sp³-hybridized carbons (Fsp3) is 1.00. The van der Waals surface area contributed by atoms with Gasteiger partial charge in [-0.2, -0.15) is 4.67 Å². The number of ether oxygens (including phenoxy) is 1. The maximum atomic E-state index is 8.20. The third-order valence-corrected chi connectivity index (χ3v) is 5.11. The van der Waals surface area contributed by atoms with Crippen LogP contribution in [-0.2, 0) is 19.0 Å². The summed E-state index contributed by atoms with van der Waals surface area (Å²) >= 11 is 0. The first-order valence-corrected chi connectivity index (χ1v) is 11.0. The van der Waals surface area contributed by atoms with E-state index in [1.807, 2.05) is 0 Å². The standard InChI is InChI=1S/C19H41O5P/c1-3-4-5-13-16-19(22-25-24-23-20)17-14-11-9-7-6-8-10-12-15-18-21-2/h19-20,25H,3-18H2,1-2H3. The lowest BCUT2D eigenvalue weighted by molar-refractivity contribution is -0.438. The molecule has 0 amide bonds. The van der Waals surface area contributed by atoms with Crippen molar-refractivity contribution in [3.8, 4) is 0 Å². The van der Waals surface area contributed by atoms with E-state index in [1.165, 1.54) is 83.5 Å². The lowest BCUT2D eigenvalue weighted by atomic mass is 10.0. The maximum absolute atomic E-state index is 8.20. The second-order valence-electron chi connectivity index (χ2n) is 6.79. The first-order valence-electron chi connectivity index (χ1n) is 10.2. The Hall–Kier alpha value is 0.230. The average molecular weight is 381 g/mol. The molecule has 0 saturated carbocycles. The van der Waals surface area contributed by atoms with Gasteiger partial charge in [0.25, 0.3) is 0 Å². The van der Waals surface area contributed by atoms with E-state index in [-0.39, 0.29) is 15.1 Å². The van der Waals surface area contributed by atoms with E-state index in [0.717, 1.165) is 19.4 Å². The van der Waals surface area contributed by atoms with Crippen LogP contribution >= 0.6 is 9.03 Å². The molecule has 25 heavy (non-hydrogen) atoms. The molecule has 0 radical (unpaired) electrons. The van der Waals surface area contributed by atoms with Gasteiger partial charge in [-0.15, -0.1) is 0 Å². The molecule has 0 aromatic carbocycles. The molecule has 0 rings (SSSR count). The fourth-order valence-corrected chi connectivity index (χ4v) is 3.46. The van der Waals surface area contributed by atoms with Crippen LogP contribution in [-0.4, -0.2) is 25.1 Å². The van der Waals surface area contributed by atoms with Gasteiger partial charge in [0.1, 0.15) is 0 Å². The van der Waals surface area contributed by atoms with Crippen LogP contribution in [0.1, 0.15) is 103 Å². The summed E-state index contributed by atoms with van der Waals surface area (Å²) in [5, 5.41) is 11.8. The molecule has 0 aliphatic heterocycles. The van der Waals surface area contributed by atoms with Gasteiger partial charge in [0.05, 0.1) is 6.10 Å². The van der Waals surface area contributed by atoms with E-state index in [9.17, 15) is 0 Å². The Morgan fingerprint density at radius 1 is 0.760 bits per heavy atom. The first kappa shape index (κ1) is 25.2. The van der Waals surface area contributed by atoms with Crippen molar-refractivity contribution in [1.29, 1.82) is 0 Å². The molecule has 0 fully saturated rings. The molecule has 0 spiro atoms. The average Bonchev–Trinajstić information content (AvgIpc) is 2.62. The monoisotopic (exact) mass is 380 g/mol. The fourth-order valence-electron chi connectivity index (χ4n) is 3.02. The van der Waals surface area contributed by atoms with Gasteiger partial charge >= 0.3 is 0 Å². The zero-order chi connectivity index (χ0) is 18.4. The summed E-state index contributed by atoms with van der Waals surface area (Å²) in [6.07, 6.45) is 19.1. The number of hydrogen-bond acceptors (Lipinski definition) is 5. The lowest BCUT2D eigenvalue weighted by Crippen LogP contribution is -2.09. The zero-order valence-corrected chi connectivity index (χ0v) is 17.5. The highest BCUT2D eigenvalue weighted by Crippen LogP contribution is 2.24. The van der Waals surface area contributed by atoms with Crippen LogP contribution in [0.2, 0.25) is 0 Å². The van der Waals surface area contributed by atoms with E-state index in [2.05, 4.69) is 16.6 Å². The normalized spacial score (nSPS) is 13.1. The summed E-state index contributed by atoms with van der Waals surface area (Å²) in [5.41, 5.74) is 0. The minimum Gasteiger partial charge on any atom is -0.385 e. The van der Waals surface area contributed by atoms with E-state index < -0.39 is 0 Å². The third kappa shape index (κ3) is 20.4. The SMILES string of the molecule is CCCCCCC(CCCCCCCCCCCOC)OPOOO. The molecule has 152 valence electrons.